The lowest BCUT2D eigenvalue weighted by Gasteiger charge is -2.58. The van der Waals surface area contributed by atoms with Crippen molar-refractivity contribution < 1.29 is 8.78 Å². The van der Waals surface area contributed by atoms with Gasteiger partial charge in [0.2, 0.25) is 0 Å². The van der Waals surface area contributed by atoms with Crippen LogP contribution in [-0.2, 0) is 0 Å². The molecular formula is C17H18BrClF2. The van der Waals surface area contributed by atoms with E-state index in [0.29, 0.717) is 5.56 Å². The van der Waals surface area contributed by atoms with E-state index in [1.165, 1.54) is 31.4 Å². The SMILES string of the molecule is Fc1cc(C(Cl)C23CC4CC(CC(C4)C2)C3)c(F)cc1Br. The minimum Gasteiger partial charge on any atom is -0.207 e. The van der Waals surface area contributed by atoms with Gasteiger partial charge < -0.3 is 0 Å². The Morgan fingerprint density at radius 2 is 1.52 bits per heavy atom. The first-order chi connectivity index (χ1) is 9.97. The number of benzene rings is 1. The molecule has 4 fully saturated rings. The van der Waals surface area contributed by atoms with E-state index in [-0.39, 0.29) is 15.7 Å². The molecule has 4 aliphatic carbocycles. The average Bonchev–Trinajstić information content (AvgIpc) is 2.40. The second kappa shape index (κ2) is 4.92. The van der Waals surface area contributed by atoms with Crippen LogP contribution in [0, 0.1) is 34.8 Å². The lowest BCUT2D eigenvalue weighted by Crippen LogP contribution is -2.48. The highest BCUT2D eigenvalue weighted by Gasteiger charge is 2.54. The molecule has 1 aromatic rings. The van der Waals surface area contributed by atoms with Crippen LogP contribution in [0.5, 0.6) is 0 Å². The summed E-state index contributed by atoms with van der Waals surface area (Å²) in [6.07, 6.45) is 7.22. The fourth-order valence-electron chi connectivity index (χ4n) is 5.55. The fraction of sp³-hybridized carbons (Fsp3) is 0.647. The van der Waals surface area contributed by atoms with Gasteiger partial charge in [-0.2, -0.15) is 0 Å². The van der Waals surface area contributed by atoms with Crippen LogP contribution in [0.25, 0.3) is 0 Å². The molecule has 0 aromatic heterocycles. The number of rotatable bonds is 2. The van der Waals surface area contributed by atoms with Gasteiger partial charge >= 0.3 is 0 Å². The monoisotopic (exact) mass is 374 g/mol. The van der Waals surface area contributed by atoms with Crippen molar-refractivity contribution in [2.45, 2.75) is 43.9 Å². The van der Waals surface area contributed by atoms with E-state index in [1.54, 1.807) is 0 Å². The molecule has 0 N–H and O–H groups in total. The molecular weight excluding hydrogens is 358 g/mol. The Balaban J connectivity index is 1.71. The zero-order valence-electron chi connectivity index (χ0n) is 11.7. The third-order valence-electron chi connectivity index (χ3n) is 5.94. The van der Waals surface area contributed by atoms with Crippen LogP contribution in [0.15, 0.2) is 16.6 Å². The molecule has 1 unspecified atom stereocenters. The predicted molar refractivity (Wildman–Crippen MR) is 83.3 cm³/mol. The van der Waals surface area contributed by atoms with Crippen LogP contribution in [-0.4, -0.2) is 0 Å². The molecule has 0 aliphatic heterocycles. The van der Waals surface area contributed by atoms with Crippen molar-refractivity contribution in [3.63, 3.8) is 0 Å². The Hall–Kier alpha value is -0.150. The van der Waals surface area contributed by atoms with Crippen molar-refractivity contribution in [2.75, 3.05) is 0 Å². The largest absolute Gasteiger partial charge is 0.207 e. The first-order valence-electron chi connectivity index (χ1n) is 7.75. The molecule has 1 aromatic carbocycles. The first kappa shape index (κ1) is 14.4. The van der Waals surface area contributed by atoms with E-state index < -0.39 is 11.2 Å². The molecule has 4 aliphatic rings. The number of alkyl halides is 1. The van der Waals surface area contributed by atoms with Gasteiger partial charge in [0.1, 0.15) is 11.6 Å². The first-order valence-corrected chi connectivity index (χ1v) is 8.98. The molecule has 0 nitrogen and oxygen atoms in total. The summed E-state index contributed by atoms with van der Waals surface area (Å²) in [4.78, 5) is 0. The molecule has 0 spiro atoms. The maximum atomic E-state index is 14.3. The highest BCUT2D eigenvalue weighted by atomic mass is 79.9. The van der Waals surface area contributed by atoms with Crippen LogP contribution < -0.4 is 0 Å². The Morgan fingerprint density at radius 3 is 2.05 bits per heavy atom. The van der Waals surface area contributed by atoms with E-state index in [9.17, 15) is 8.78 Å². The molecule has 4 bridgehead atoms. The Labute approximate surface area is 137 Å². The number of hydrogen-bond donors (Lipinski definition) is 0. The number of hydrogen-bond acceptors (Lipinski definition) is 0. The lowest BCUT2D eigenvalue weighted by molar-refractivity contribution is -0.0556. The Morgan fingerprint density at radius 1 is 1.00 bits per heavy atom. The van der Waals surface area contributed by atoms with Crippen molar-refractivity contribution in [2.24, 2.45) is 23.2 Å². The zero-order chi connectivity index (χ0) is 14.8. The predicted octanol–water partition coefficient (Wildman–Crippen LogP) is 6.22. The van der Waals surface area contributed by atoms with Crippen molar-refractivity contribution in [1.29, 1.82) is 0 Å². The maximum Gasteiger partial charge on any atom is 0.137 e. The Bertz CT molecular complexity index is 551. The molecule has 0 amide bonds. The Kier molecular flexibility index (Phi) is 3.39. The topological polar surface area (TPSA) is 0 Å². The second-order valence-corrected chi connectivity index (χ2v) is 8.72. The second-order valence-electron chi connectivity index (χ2n) is 7.43. The number of halogens is 4. The van der Waals surface area contributed by atoms with Crippen molar-refractivity contribution in [3.8, 4) is 0 Å². The minimum absolute atomic E-state index is 0.0165. The van der Waals surface area contributed by atoms with Crippen LogP contribution >= 0.6 is 27.5 Å². The smallest absolute Gasteiger partial charge is 0.137 e. The van der Waals surface area contributed by atoms with Gasteiger partial charge in [0.15, 0.2) is 0 Å². The van der Waals surface area contributed by atoms with Gasteiger partial charge in [-0.15, -0.1) is 11.6 Å². The summed E-state index contributed by atoms with van der Waals surface area (Å²) in [7, 11) is 0. The van der Waals surface area contributed by atoms with E-state index in [4.69, 9.17) is 11.6 Å². The maximum absolute atomic E-state index is 14.3. The van der Waals surface area contributed by atoms with Crippen LogP contribution in [0.3, 0.4) is 0 Å². The van der Waals surface area contributed by atoms with Crippen molar-refractivity contribution >= 4 is 27.5 Å². The highest BCUT2D eigenvalue weighted by molar-refractivity contribution is 9.10. The van der Waals surface area contributed by atoms with E-state index in [2.05, 4.69) is 15.9 Å². The zero-order valence-corrected chi connectivity index (χ0v) is 14.1. The molecule has 0 heterocycles. The quantitative estimate of drug-likeness (QED) is 0.425. The molecule has 21 heavy (non-hydrogen) atoms. The molecule has 1 atom stereocenters. The van der Waals surface area contributed by atoms with E-state index >= 15 is 0 Å². The summed E-state index contributed by atoms with van der Waals surface area (Å²) in [6.45, 7) is 0. The summed E-state index contributed by atoms with van der Waals surface area (Å²) < 4.78 is 28.3. The molecule has 0 saturated heterocycles. The molecule has 114 valence electrons. The molecule has 4 heteroatoms. The minimum atomic E-state index is -0.429. The third kappa shape index (κ3) is 2.26. The van der Waals surface area contributed by atoms with Gasteiger partial charge in [-0.1, -0.05) is 0 Å². The highest BCUT2D eigenvalue weighted by Crippen LogP contribution is 2.65. The summed E-state index contributed by atoms with van der Waals surface area (Å²) in [6, 6.07) is 2.50. The van der Waals surface area contributed by atoms with Crippen LogP contribution in [0.1, 0.15) is 49.5 Å². The summed E-state index contributed by atoms with van der Waals surface area (Å²) >= 11 is 9.77. The summed E-state index contributed by atoms with van der Waals surface area (Å²) in [5.74, 6) is 1.43. The van der Waals surface area contributed by atoms with E-state index in [1.807, 2.05) is 0 Å². The molecule has 5 rings (SSSR count). The normalized spacial score (nSPS) is 38.8. The average molecular weight is 376 g/mol. The van der Waals surface area contributed by atoms with Crippen molar-refractivity contribution in [1.82, 2.24) is 0 Å². The van der Waals surface area contributed by atoms with Crippen molar-refractivity contribution in [3.05, 3.63) is 33.8 Å². The molecule has 4 saturated carbocycles. The van der Waals surface area contributed by atoms with Crippen LogP contribution in [0.4, 0.5) is 8.78 Å². The third-order valence-corrected chi connectivity index (χ3v) is 7.24. The summed E-state index contributed by atoms with van der Waals surface area (Å²) in [5.41, 5.74) is 0.330. The summed E-state index contributed by atoms with van der Waals surface area (Å²) in [5, 5.41) is -0.409. The van der Waals surface area contributed by atoms with Gasteiger partial charge in [-0.25, -0.2) is 8.78 Å². The van der Waals surface area contributed by atoms with Gasteiger partial charge in [0.25, 0.3) is 0 Å². The van der Waals surface area contributed by atoms with Gasteiger partial charge in [-0.3, -0.25) is 0 Å². The van der Waals surface area contributed by atoms with E-state index in [0.717, 1.165) is 37.0 Å². The fourth-order valence-corrected chi connectivity index (χ4v) is 6.30. The van der Waals surface area contributed by atoms with Gasteiger partial charge in [0, 0.05) is 5.56 Å². The lowest BCUT2D eigenvalue weighted by atomic mass is 9.48. The van der Waals surface area contributed by atoms with Gasteiger partial charge in [0.05, 0.1) is 9.85 Å². The van der Waals surface area contributed by atoms with Crippen LogP contribution in [0.2, 0.25) is 0 Å². The van der Waals surface area contributed by atoms with Gasteiger partial charge in [-0.05, 0) is 89.8 Å². The standard InChI is InChI=1S/C17H18BrClF2/c18-13-5-14(20)12(4-15(13)21)16(19)17-6-9-1-10(7-17)3-11(2-9)8-17/h4-5,9-11,16H,1-3,6-8H2. The molecule has 0 radical (unpaired) electrons.